The third-order valence-electron chi connectivity index (χ3n) is 26.3. The molecule has 0 atom stereocenters. The van der Waals surface area contributed by atoms with Gasteiger partial charge < -0.3 is 21.7 Å². The molecule has 3 aliphatic carbocycles. The van der Waals surface area contributed by atoms with Gasteiger partial charge in [0, 0.05) is 65.2 Å². The Bertz CT molecular complexity index is 8030. The van der Waals surface area contributed by atoms with Crippen LogP contribution in [0.4, 0.5) is 0 Å². The predicted molar refractivity (Wildman–Crippen MR) is 601 cm³/mol. The molecule has 0 radical (unpaired) electrons. The number of ether oxygens (including phenoxy) is 1. The van der Waals surface area contributed by atoms with Gasteiger partial charge in [0.15, 0.2) is 34.9 Å². The first kappa shape index (κ1) is 100. The molecule has 1 fully saturated rings. The molecule has 1 aliphatic heterocycles. The van der Waals surface area contributed by atoms with Gasteiger partial charge in [0.1, 0.15) is 0 Å². The third kappa shape index (κ3) is 20.3. The van der Waals surface area contributed by atoms with Crippen molar-refractivity contribution in [2.75, 3.05) is 13.2 Å². The zero-order valence-electron chi connectivity index (χ0n) is 80.1. The van der Waals surface area contributed by atoms with Gasteiger partial charge in [0.25, 0.3) is 0 Å². The molecule has 146 heavy (non-hydrogen) atoms. The summed E-state index contributed by atoms with van der Waals surface area (Å²) in [7, 11) is -1.35. The van der Waals surface area contributed by atoms with Crippen LogP contribution in [-0.4, -0.2) is 75.2 Å². The number of hydrogen-bond donors (Lipinski definition) is 2. The summed E-state index contributed by atoms with van der Waals surface area (Å²) in [5.41, 5.74) is 25.8. The summed E-state index contributed by atoms with van der Waals surface area (Å²) in [5, 5.41) is 20.4. The molecule has 0 bridgehead atoms. The minimum atomic E-state index is -1.35. The van der Waals surface area contributed by atoms with Crippen molar-refractivity contribution in [2.45, 2.75) is 48.9 Å². The molecular formula is C126H95BBrCl3LiN9O3S2. The molecule has 5 aromatic heterocycles. The van der Waals surface area contributed by atoms with Crippen LogP contribution in [0.25, 0.3) is 121 Å². The Kier molecular flexibility index (Phi) is 31.8. The number of aromatic nitrogens is 9. The number of fused-ring (bicyclic) bond motifs is 11. The summed E-state index contributed by atoms with van der Waals surface area (Å²) in [5.74, 6) is 3.63. The number of halogens is 4. The van der Waals surface area contributed by atoms with Crippen molar-refractivity contribution in [1.29, 1.82) is 0 Å². The molecule has 17 aromatic carbocycles. The number of unbranched alkanes of at least 4 members (excludes halogenated alkanes) is 1. The maximum atomic E-state index is 8.89. The van der Waals surface area contributed by atoms with Gasteiger partial charge in [-0.15, -0.1) is 22.7 Å². The number of benzene rings is 17. The minimum absolute atomic E-state index is 0. The van der Waals surface area contributed by atoms with Crippen LogP contribution < -0.4 is 23.6 Å². The van der Waals surface area contributed by atoms with Crippen LogP contribution in [0, 0.1) is 6.92 Å². The van der Waals surface area contributed by atoms with E-state index in [1.165, 1.54) is 135 Å². The van der Waals surface area contributed by atoms with Crippen molar-refractivity contribution in [3.8, 4) is 101 Å². The van der Waals surface area contributed by atoms with Gasteiger partial charge in [0.05, 0.1) is 21.1 Å². The Hall–Kier alpha value is -14.4. The Morgan fingerprint density at radius 3 is 0.938 bits per heavy atom. The fourth-order valence-corrected chi connectivity index (χ4v) is 23.1. The topological polar surface area (TPSA) is 166 Å². The number of thiophene rings is 2. The first-order valence-corrected chi connectivity index (χ1v) is 51.7. The average Bonchev–Trinajstić information content (AvgIpc) is 1.54. The van der Waals surface area contributed by atoms with Gasteiger partial charge in [-0.25, -0.2) is 19.9 Å². The standard InChI is InChI=1S/C42H27N3S.C34H22ClN3.C25H17Br.C9H5Cl2N3.C8H7BO2S.C4H8O.C4H9.Li/c1-4-15-28(16-5-1)39-43-40(45-41(44-39)37-27-29-17-10-13-26-36(29)46-37)33-23-14-25-35-38(33)32-22-11-12-24-34(32)42(35,30-18-6-2-7-19-30)31-20-8-3-9-21-31;35-33-37-31(23-13-4-1-5-14-23)36-32(38-33)27-20-12-22-29-30(27)26-19-10-11-21-28(26)34(29,24-15-6-2-7-16-24)25-17-8-3-9-18-25;26-23-17-9-16-22-24(23)20-14-7-8-15-21(20)25(22,18-10-3-1-4-11-18)19-12-5-2-6-13-19;10-8-12-7(13-9(11)14-8)6-4-2-1-3-5-6;10-9(11)8-5-6-3-1-2-4-7(6)12-8;1-2-4-5-3-1;1-3-4-2;/h1-27H;1-22H;1-17H;1-5H;1-5,10-11H;1-4H2;1,3-4H2,2H3;/q;;;;;;-1;+1. The molecule has 26 rings (SSSR count). The van der Waals surface area contributed by atoms with E-state index in [4.69, 9.17) is 69.5 Å². The molecule has 4 aliphatic rings. The van der Waals surface area contributed by atoms with E-state index in [1.54, 1.807) is 17.4 Å². The van der Waals surface area contributed by atoms with Crippen molar-refractivity contribution < 1.29 is 33.6 Å². The normalized spacial score (nSPS) is 12.8. The van der Waals surface area contributed by atoms with Crippen LogP contribution in [0.15, 0.2) is 466 Å². The van der Waals surface area contributed by atoms with E-state index in [2.05, 4.69) is 407 Å². The van der Waals surface area contributed by atoms with E-state index >= 15 is 0 Å². The zero-order valence-corrected chi connectivity index (χ0v) is 85.5. The molecule has 22 aromatic rings. The molecule has 0 amide bonds. The number of rotatable bonds is 14. The monoisotopic (exact) mass is 2050 g/mol. The fraction of sp³-hybridized carbons (Fsp3) is 0.0794. The Balaban J connectivity index is 0.000000120. The maximum Gasteiger partial charge on any atom is 1.00 e. The van der Waals surface area contributed by atoms with Crippen molar-refractivity contribution >= 4 is 105 Å². The third-order valence-corrected chi connectivity index (χ3v) is 29.8. The second-order valence-corrected chi connectivity index (χ2v) is 39.0. The van der Waals surface area contributed by atoms with E-state index < -0.39 is 17.9 Å². The summed E-state index contributed by atoms with van der Waals surface area (Å²) in [6.07, 6.45) is 4.83. The summed E-state index contributed by atoms with van der Waals surface area (Å²) in [6, 6.07) is 161. The van der Waals surface area contributed by atoms with Crippen LogP contribution in [0.5, 0.6) is 0 Å². The molecule has 12 nitrogen and oxygen atoms in total. The SMILES string of the molecule is Brc1cccc2c1-c1ccccc1C2(c1ccccc1)c1ccccc1.C1CCOC1.Clc1nc(-c2ccccc2)nc(-c2cccc3c2-c2ccccc2C3(c2ccccc2)c2ccccc2)n1.Clc1nc(Cl)nc(-c2ccccc2)n1.OB(O)c1cc2ccccc2s1.[CH2-]CCC.[Li+].c1ccc(-c2nc(-c3cc4ccccc4s3)nc(-c3cccc4c3-c3ccccc3C4(c3ccccc3)c3ccccc3)n2)cc1. The van der Waals surface area contributed by atoms with E-state index in [0.717, 1.165) is 72.5 Å². The van der Waals surface area contributed by atoms with Crippen LogP contribution in [-0.2, 0) is 21.0 Å². The molecule has 1 saturated heterocycles. The predicted octanol–water partition coefficient (Wildman–Crippen LogP) is 28.3. The largest absolute Gasteiger partial charge is 1.00 e. The summed E-state index contributed by atoms with van der Waals surface area (Å²) in [6.45, 7) is 7.72. The molecule has 0 spiro atoms. The van der Waals surface area contributed by atoms with Crippen molar-refractivity contribution in [1.82, 2.24) is 44.9 Å². The van der Waals surface area contributed by atoms with Crippen LogP contribution in [0.2, 0.25) is 15.9 Å². The smallest absolute Gasteiger partial charge is 0.423 e. The van der Waals surface area contributed by atoms with Gasteiger partial charge in [-0.3, -0.25) is 0 Å². The molecule has 706 valence electrons. The molecule has 6 heterocycles. The Morgan fingerprint density at radius 1 is 0.301 bits per heavy atom. The minimum Gasteiger partial charge on any atom is -0.423 e. The van der Waals surface area contributed by atoms with E-state index in [-0.39, 0.29) is 40.1 Å². The Morgan fingerprint density at radius 2 is 0.575 bits per heavy atom. The van der Waals surface area contributed by atoms with Crippen molar-refractivity contribution in [3.63, 3.8) is 0 Å². The van der Waals surface area contributed by atoms with Crippen molar-refractivity contribution in [3.05, 3.63) is 555 Å². The summed E-state index contributed by atoms with van der Waals surface area (Å²) < 4.78 is 8.98. The van der Waals surface area contributed by atoms with E-state index in [9.17, 15) is 0 Å². The maximum absolute atomic E-state index is 8.89. The number of nitrogens with zero attached hydrogens (tertiary/aromatic N) is 9. The average molecular weight is 2050 g/mol. The van der Waals surface area contributed by atoms with E-state index in [1.807, 2.05) is 103 Å². The molecule has 0 unspecified atom stereocenters. The van der Waals surface area contributed by atoms with Crippen LogP contribution in [0.1, 0.15) is 99.4 Å². The van der Waals surface area contributed by atoms with Crippen LogP contribution in [0.3, 0.4) is 0 Å². The quantitative estimate of drug-likeness (QED) is 0.0783. The van der Waals surface area contributed by atoms with Gasteiger partial charge in [-0.1, -0.05) is 460 Å². The summed E-state index contributed by atoms with van der Waals surface area (Å²) >= 11 is 24.7. The van der Waals surface area contributed by atoms with Crippen LogP contribution >= 0.6 is 73.4 Å². The first-order valence-electron chi connectivity index (χ1n) is 48.2. The molecule has 2 N–H and O–H groups in total. The summed E-state index contributed by atoms with van der Waals surface area (Å²) in [4.78, 5) is 42.0. The number of hydrogen-bond acceptors (Lipinski definition) is 14. The fourth-order valence-electron chi connectivity index (χ4n) is 20.1. The first-order chi connectivity index (χ1) is 71.3. The zero-order chi connectivity index (χ0) is 99.1. The van der Waals surface area contributed by atoms with Crippen molar-refractivity contribution in [2.24, 2.45) is 0 Å². The Labute approximate surface area is 894 Å². The van der Waals surface area contributed by atoms with Gasteiger partial charge in [-0.05, 0) is 183 Å². The van der Waals surface area contributed by atoms with E-state index in [0.29, 0.717) is 39.7 Å². The molecule has 0 saturated carbocycles. The van der Waals surface area contributed by atoms with Gasteiger partial charge >= 0.3 is 26.0 Å². The van der Waals surface area contributed by atoms with Gasteiger partial charge in [0.2, 0.25) is 15.9 Å². The second-order valence-electron chi connectivity index (χ2n) is 34.9. The second kappa shape index (κ2) is 46.3. The molecular weight excluding hydrogens is 1960 g/mol. The molecule has 20 heteroatoms. The van der Waals surface area contributed by atoms with Gasteiger partial charge in [-0.2, -0.15) is 31.3 Å².